The van der Waals surface area contributed by atoms with Gasteiger partial charge in [-0.15, -0.1) is 0 Å². The van der Waals surface area contributed by atoms with Crippen molar-refractivity contribution in [3.8, 4) is 0 Å². The van der Waals surface area contributed by atoms with Crippen LogP contribution in [0.5, 0.6) is 0 Å². The molecule has 0 aliphatic carbocycles. The molecule has 0 amide bonds. The minimum absolute atomic E-state index is 0.298. The number of hydrogen-bond acceptors (Lipinski definition) is 3. The Hall–Kier alpha value is -1.42. The summed E-state index contributed by atoms with van der Waals surface area (Å²) in [5.74, 6) is -0.298. The van der Waals surface area contributed by atoms with Gasteiger partial charge in [0.25, 0.3) is 0 Å². The quantitative estimate of drug-likeness (QED) is 0.794. The second-order valence-electron chi connectivity index (χ2n) is 3.82. The predicted molar refractivity (Wildman–Crippen MR) is 69.6 cm³/mol. The molecule has 1 aromatic carbocycles. The number of rotatable bonds is 2. The fraction of sp³-hybridized carbons (Fsp3) is 0.231. The Morgan fingerprint density at radius 2 is 2.06 bits per heavy atom. The Morgan fingerprint density at radius 1 is 1.35 bits per heavy atom. The van der Waals surface area contributed by atoms with Crippen molar-refractivity contribution in [1.29, 1.82) is 0 Å². The van der Waals surface area contributed by atoms with Crippen LogP contribution in [-0.2, 0) is 9.53 Å². The van der Waals surface area contributed by atoms with Gasteiger partial charge in [-0.25, -0.2) is 4.98 Å². The molecule has 1 heterocycles. The summed E-state index contributed by atoms with van der Waals surface area (Å²) in [4.78, 5) is 15.4. The molecule has 0 aliphatic rings. The van der Waals surface area contributed by atoms with Crippen molar-refractivity contribution in [3.05, 3.63) is 40.5 Å². The highest BCUT2D eigenvalue weighted by Crippen LogP contribution is 2.22. The van der Waals surface area contributed by atoms with E-state index in [-0.39, 0.29) is 12.1 Å². The van der Waals surface area contributed by atoms with Crippen molar-refractivity contribution in [2.24, 2.45) is 0 Å². The SMILES string of the molecule is CC(=O)OC(C)c1ccc2ccc(Br)cc2n1. The molecule has 88 valence electrons. The minimum Gasteiger partial charge on any atom is -0.456 e. The monoisotopic (exact) mass is 293 g/mol. The Balaban J connectivity index is 2.39. The molecule has 0 radical (unpaired) electrons. The number of carbonyl (C=O) groups excluding carboxylic acids is 1. The molecular weight excluding hydrogens is 282 g/mol. The second kappa shape index (κ2) is 4.84. The molecule has 1 atom stereocenters. The molecule has 4 heteroatoms. The van der Waals surface area contributed by atoms with Gasteiger partial charge in [0.1, 0.15) is 6.10 Å². The lowest BCUT2D eigenvalue weighted by molar-refractivity contribution is -0.145. The summed E-state index contributed by atoms with van der Waals surface area (Å²) in [6.45, 7) is 3.21. The first-order chi connectivity index (χ1) is 8.06. The Bertz CT molecular complexity index is 568. The topological polar surface area (TPSA) is 39.2 Å². The number of nitrogens with zero attached hydrogens (tertiary/aromatic N) is 1. The molecule has 0 saturated carbocycles. The largest absolute Gasteiger partial charge is 0.456 e. The van der Waals surface area contributed by atoms with E-state index in [0.29, 0.717) is 0 Å². The van der Waals surface area contributed by atoms with E-state index >= 15 is 0 Å². The molecule has 3 nitrogen and oxygen atoms in total. The summed E-state index contributed by atoms with van der Waals surface area (Å²) < 4.78 is 6.08. The Labute approximate surface area is 108 Å². The van der Waals surface area contributed by atoms with Gasteiger partial charge in [0.15, 0.2) is 0 Å². The zero-order chi connectivity index (χ0) is 12.4. The lowest BCUT2D eigenvalue weighted by Gasteiger charge is -2.11. The molecule has 0 bridgehead atoms. The summed E-state index contributed by atoms with van der Waals surface area (Å²) >= 11 is 3.41. The Kier molecular flexibility index (Phi) is 3.43. The maximum Gasteiger partial charge on any atom is 0.303 e. The van der Waals surface area contributed by atoms with E-state index in [2.05, 4.69) is 20.9 Å². The summed E-state index contributed by atoms with van der Waals surface area (Å²) in [5, 5.41) is 1.06. The zero-order valence-electron chi connectivity index (χ0n) is 9.61. The third-order valence-electron chi connectivity index (χ3n) is 2.43. The fourth-order valence-electron chi connectivity index (χ4n) is 1.64. The summed E-state index contributed by atoms with van der Waals surface area (Å²) in [7, 11) is 0. The minimum atomic E-state index is -0.323. The highest BCUT2D eigenvalue weighted by Gasteiger charge is 2.10. The first kappa shape index (κ1) is 12.0. The average Bonchev–Trinajstić information content (AvgIpc) is 2.27. The van der Waals surface area contributed by atoms with Gasteiger partial charge in [-0.3, -0.25) is 4.79 Å². The third-order valence-corrected chi connectivity index (χ3v) is 2.93. The van der Waals surface area contributed by atoms with Gasteiger partial charge in [-0.1, -0.05) is 28.1 Å². The van der Waals surface area contributed by atoms with Gasteiger partial charge >= 0.3 is 5.97 Å². The lowest BCUT2D eigenvalue weighted by Crippen LogP contribution is -2.06. The fourth-order valence-corrected chi connectivity index (χ4v) is 1.99. The van der Waals surface area contributed by atoms with Gasteiger partial charge in [-0.05, 0) is 25.1 Å². The van der Waals surface area contributed by atoms with Crippen molar-refractivity contribution in [1.82, 2.24) is 4.98 Å². The van der Waals surface area contributed by atoms with Crippen LogP contribution in [-0.4, -0.2) is 11.0 Å². The predicted octanol–water partition coefficient (Wildman–Crippen LogP) is 3.62. The van der Waals surface area contributed by atoms with E-state index in [9.17, 15) is 4.79 Å². The average molecular weight is 294 g/mol. The standard InChI is InChI=1S/C13H12BrNO2/c1-8(17-9(2)16)12-6-4-10-3-5-11(14)7-13(10)15-12/h3-8H,1-2H3. The van der Waals surface area contributed by atoms with E-state index in [1.807, 2.05) is 37.3 Å². The molecule has 2 aromatic rings. The molecule has 0 N–H and O–H groups in total. The highest BCUT2D eigenvalue weighted by atomic mass is 79.9. The number of halogens is 1. The zero-order valence-corrected chi connectivity index (χ0v) is 11.2. The number of fused-ring (bicyclic) bond motifs is 1. The highest BCUT2D eigenvalue weighted by molar-refractivity contribution is 9.10. The number of hydrogen-bond donors (Lipinski definition) is 0. The van der Waals surface area contributed by atoms with Crippen LogP contribution in [0.25, 0.3) is 10.9 Å². The maximum atomic E-state index is 10.9. The van der Waals surface area contributed by atoms with E-state index in [4.69, 9.17) is 4.74 Å². The third kappa shape index (κ3) is 2.82. The first-order valence-corrected chi connectivity index (χ1v) is 6.09. The van der Waals surface area contributed by atoms with Gasteiger partial charge in [-0.2, -0.15) is 0 Å². The van der Waals surface area contributed by atoms with Crippen LogP contribution in [0.3, 0.4) is 0 Å². The van der Waals surface area contributed by atoms with E-state index < -0.39 is 0 Å². The number of aromatic nitrogens is 1. The lowest BCUT2D eigenvalue weighted by atomic mass is 10.1. The van der Waals surface area contributed by atoms with Crippen molar-refractivity contribution < 1.29 is 9.53 Å². The first-order valence-electron chi connectivity index (χ1n) is 5.29. The molecule has 17 heavy (non-hydrogen) atoms. The van der Waals surface area contributed by atoms with E-state index in [1.165, 1.54) is 6.92 Å². The molecule has 0 spiro atoms. The number of carbonyl (C=O) groups is 1. The van der Waals surface area contributed by atoms with Crippen LogP contribution >= 0.6 is 15.9 Å². The van der Waals surface area contributed by atoms with E-state index in [0.717, 1.165) is 21.1 Å². The number of benzene rings is 1. The molecule has 1 aromatic heterocycles. The van der Waals surface area contributed by atoms with Crippen LogP contribution in [0, 0.1) is 0 Å². The van der Waals surface area contributed by atoms with Crippen LogP contribution in [0.15, 0.2) is 34.8 Å². The molecule has 0 fully saturated rings. The molecule has 0 saturated heterocycles. The number of esters is 1. The van der Waals surface area contributed by atoms with Crippen molar-refractivity contribution in [3.63, 3.8) is 0 Å². The molecule has 1 unspecified atom stereocenters. The van der Waals surface area contributed by atoms with Crippen molar-refractivity contribution >= 4 is 32.8 Å². The van der Waals surface area contributed by atoms with Crippen molar-refractivity contribution in [2.75, 3.05) is 0 Å². The normalized spacial score (nSPS) is 12.4. The van der Waals surface area contributed by atoms with Crippen LogP contribution < -0.4 is 0 Å². The van der Waals surface area contributed by atoms with Crippen LogP contribution in [0.2, 0.25) is 0 Å². The molecule has 0 aliphatic heterocycles. The summed E-state index contributed by atoms with van der Waals surface area (Å²) in [5.41, 5.74) is 1.64. The summed E-state index contributed by atoms with van der Waals surface area (Å²) in [6, 6.07) is 9.76. The van der Waals surface area contributed by atoms with Gasteiger partial charge < -0.3 is 4.74 Å². The van der Waals surface area contributed by atoms with Gasteiger partial charge in [0.2, 0.25) is 0 Å². The summed E-state index contributed by atoms with van der Waals surface area (Å²) in [6.07, 6.45) is -0.323. The van der Waals surface area contributed by atoms with Crippen LogP contribution in [0.4, 0.5) is 0 Å². The Morgan fingerprint density at radius 3 is 2.76 bits per heavy atom. The second-order valence-corrected chi connectivity index (χ2v) is 4.74. The number of pyridine rings is 1. The molecular formula is C13H12BrNO2. The maximum absolute atomic E-state index is 10.9. The smallest absolute Gasteiger partial charge is 0.303 e. The number of ether oxygens (including phenoxy) is 1. The van der Waals surface area contributed by atoms with E-state index in [1.54, 1.807) is 0 Å². The van der Waals surface area contributed by atoms with Gasteiger partial charge in [0, 0.05) is 16.8 Å². The molecule has 2 rings (SSSR count). The van der Waals surface area contributed by atoms with Gasteiger partial charge in [0.05, 0.1) is 11.2 Å². The van der Waals surface area contributed by atoms with Crippen LogP contribution in [0.1, 0.15) is 25.6 Å². The van der Waals surface area contributed by atoms with Crippen molar-refractivity contribution in [2.45, 2.75) is 20.0 Å².